The first-order valence-corrected chi connectivity index (χ1v) is 11.4. The molecule has 0 saturated heterocycles. The maximum Gasteiger partial charge on any atom is 0.264 e. The Hall–Kier alpha value is -3.24. The Morgan fingerprint density at radius 1 is 1.23 bits per heavy atom. The molecule has 160 valence electrons. The highest BCUT2D eigenvalue weighted by Gasteiger charge is 2.26. The van der Waals surface area contributed by atoms with Crippen molar-refractivity contribution in [1.82, 2.24) is 15.4 Å². The predicted molar refractivity (Wildman–Crippen MR) is 117 cm³/mol. The molecule has 0 bridgehead atoms. The Labute approximate surface area is 182 Å². The average molecular weight is 460 g/mol. The van der Waals surface area contributed by atoms with Gasteiger partial charge in [-0.15, -0.1) is 0 Å². The number of nitrogens with one attached hydrogen (secondary N) is 3. The molecule has 9 nitrogen and oxygen atoms in total. The summed E-state index contributed by atoms with van der Waals surface area (Å²) in [5.74, 6) is 1.72. The molecule has 0 aliphatic heterocycles. The zero-order chi connectivity index (χ0) is 21.6. The van der Waals surface area contributed by atoms with Crippen molar-refractivity contribution in [2.24, 2.45) is 0 Å². The van der Waals surface area contributed by atoms with Gasteiger partial charge in [0, 0.05) is 23.7 Å². The van der Waals surface area contributed by atoms with Crippen molar-refractivity contribution >= 4 is 49.9 Å². The number of ether oxygens (including phenoxy) is 1. The quantitative estimate of drug-likeness (QED) is 0.368. The van der Waals surface area contributed by atoms with Crippen LogP contribution in [0.15, 0.2) is 51.9 Å². The summed E-state index contributed by atoms with van der Waals surface area (Å²) in [6.45, 7) is 0. The molecule has 4 aromatic rings. The van der Waals surface area contributed by atoms with Crippen molar-refractivity contribution in [2.45, 2.75) is 23.7 Å². The number of aromatic nitrogens is 3. The first kappa shape index (κ1) is 19.7. The minimum Gasteiger partial charge on any atom is -0.495 e. The average Bonchev–Trinajstić information content (AvgIpc) is 3.39. The van der Waals surface area contributed by atoms with Gasteiger partial charge in [-0.05, 0) is 31.0 Å². The Balaban J connectivity index is 1.46. The molecule has 1 saturated carbocycles. The standard InChI is InChI=1S/C20H18ClN5O4S/c1-29-17-8-12-16(9-15(17)22-19-10-14(23-24-19)11-6-7-11)30-25-20(12)26-31(27,28)18-5-3-2-4-13(18)21/h2-5,8-11H,6-7H2,1H3,(H,25,26)(H2,22,23,24). The number of methoxy groups -OCH3 is 1. The van der Waals surface area contributed by atoms with Crippen LogP contribution in [0.2, 0.25) is 5.02 Å². The highest BCUT2D eigenvalue weighted by molar-refractivity contribution is 7.92. The first-order valence-electron chi connectivity index (χ1n) is 9.52. The number of anilines is 3. The van der Waals surface area contributed by atoms with Crippen molar-refractivity contribution in [3.05, 3.63) is 53.2 Å². The molecule has 5 rings (SSSR count). The molecule has 0 unspecified atom stereocenters. The molecule has 2 aromatic carbocycles. The van der Waals surface area contributed by atoms with E-state index < -0.39 is 10.0 Å². The van der Waals surface area contributed by atoms with E-state index in [4.69, 9.17) is 20.9 Å². The van der Waals surface area contributed by atoms with Crippen molar-refractivity contribution < 1.29 is 17.7 Å². The van der Waals surface area contributed by atoms with Crippen LogP contribution in [0.3, 0.4) is 0 Å². The van der Waals surface area contributed by atoms with Gasteiger partial charge in [-0.1, -0.05) is 28.9 Å². The molecular weight excluding hydrogens is 442 g/mol. The van der Waals surface area contributed by atoms with Crippen LogP contribution in [-0.4, -0.2) is 30.9 Å². The fourth-order valence-electron chi connectivity index (χ4n) is 3.29. The van der Waals surface area contributed by atoms with E-state index in [1.54, 1.807) is 24.3 Å². The number of benzene rings is 2. The van der Waals surface area contributed by atoms with Gasteiger partial charge in [-0.3, -0.25) is 9.82 Å². The minimum absolute atomic E-state index is 0.0376. The third kappa shape index (κ3) is 3.79. The lowest BCUT2D eigenvalue weighted by Crippen LogP contribution is -2.13. The van der Waals surface area contributed by atoms with Crippen LogP contribution in [0.4, 0.5) is 17.3 Å². The molecular formula is C20H18ClN5O4S. The zero-order valence-corrected chi connectivity index (χ0v) is 17.9. The van der Waals surface area contributed by atoms with Crippen LogP contribution in [-0.2, 0) is 10.0 Å². The van der Waals surface area contributed by atoms with Crippen LogP contribution in [0.25, 0.3) is 11.0 Å². The monoisotopic (exact) mass is 459 g/mol. The second kappa shape index (κ2) is 7.47. The summed E-state index contributed by atoms with van der Waals surface area (Å²) >= 11 is 6.04. The fourth-order valence-corrected chi connectivity index (χ4v) is 4.83. The van der Waals surface area contributed by atoms with E-state index in [1.807, 2.05) is 6.07 Å². The highest BCUT2D eigenvalue weighted by atomic mass is 35.5. The molecule has 2 heterocycles. The van der Waals surface area contributed by atoms with Gasteiger partial charge in [0.2, 0.25) is 0 Å². The van der Waals surface area contributed by atoms with Crippen LogP contribution in [0, 0.1) is 0 Å². The van der Waals surface area contributed by atoms with E-state index >= 15 is 0 Å². The van der Waals surface area contributed by atoms with E-state index in [2.05, 4.69) is 25.4 Å². The van der Waals surface area contributed by atoms with Crippen LogP contribution in [0.1, 0.15) is 24.5 Å². The summed E-state index contributed by atoms with van der Waals surface area (Å²) in [6.07, 6.45) is 2.34. The third-order valence-corrected chi connectivity index (χ3v) is 6.87. The van der Waals surface area contributed by atoms with Crippen molar-refractivity contribution in [3.63, 3.8) is 0 Å². The topological polar surface area (TPSA) is 122 Å². The van der Waals surface area contributed by atoms with E-state index in [9.17, 15) is 8.42 Å². The molecule has 0 radical (unpaired) electrons. The van der Waals surface area contributed by atoms with Gasteiger partial charge in [0.05, 0.1) is 23.2 Å². The van der Waals surface area contributed by atoms with Gasteiger partial charge in [-0.2, -0.15) is 5.10 Å². The number of hydrogen-bond acceptors (Lipinski definition) is 7. The summed E-state index contributed by atoms with van der Waals surface area (Å²) in [5, 5.41) is 14.9. The Morgan fingerprint density at radius 2 is 2.03 bits per heavy atom. The van der Waals surface area contributed by atoms with Crippen LogP contribution in [0.5, 0.6) is 5.75 Å². The maximum absolute atomic E-state index is 12.8. The molecule has 2 aromatic heterocycles. The number of fused-ring (bicyclic) bond motifs is 1. The summed E-state index contributed by atoms with van der Waals surface area (Å²) in [4.78, 5) is -0.0527. The van der Waals surface area contributed by atoms with E-state index in [-0.39, 0.29) is 15.7 Å². The second-order valence-corrected chi connectivity index (χ2v) is 9.28. The lowest BCUT2D eigenvalue weighted by Gasteiger charge is -2.10. The maximum atomic E-state index is 12.8. The van der Waals surface area contributed by atoms with Crippen molar-refractivity contribution in [2.75, 3.05) is 17.1 Å². The van der Waals surface area contributed by atoms with Gasteiger partial charge in [-0.25, -0.2) is 8.42 Å². The normalized spacial score (nSPS) is 14.0. The van der Waals surface area contributed by atoms with E-state index in [1.165, 1.54) is 32.1 Å². The molecule has 1 aliphatic carbocycles. The molecule has 31 heavy (non-hydrogen) atoms. The lowest BCUT2D eigenvalue weighted by atomic mass is 10.2. The fraction of sp³-hybridized carbons (Fsp3) is 0.200. The highest BCUT2D eigenvalue weighted by Crippen LogP contribution is 2.40. The van der Waals surface area contributed by atoms with Gasteiger partial charge >= 0.3 is 0 Å². The second-order valence-electron chi connectivity index (χ2n) is 7.22. The number of H-pyrrole nitrogens is 1. The van der Waals surface area contributed by atoms with Crippen LogP contribution >= 0.6 is 11.6 Å². The molecule has 1 aliphatic rings. The van der Waals surface area contributed by atoms with E-state index in [0.29, 0.717) is 34.1 Å². The van der Waals surface area contributed by atoms with Crippen LogP contribution < -0.4 is 14.8 Å². The molecule has 0 atom stereocenters. The molecule has 0 spiro atoms. The number of halogens is 1. The Bertz CT molecular complexity index is 1380. The smallest absolute Gasteiger partial charge is 0.264 e. The van der Waals surface area contributed by atoms with Gasteiger partial charge < -0.3 is 14.6 Å². The first-order chi connectivity index (χ1) is 14.9. The number of nitrogens with zero attached hydrogens (tertiary/aromatic N) is 2. The predicted octanol–water partition coefficient (Wildman–Crippen LogP) is 4.63. The largest absolute Gasteiger partial charge is 0.495 e. The summed E-state index contributed by atoms with van der Waals surface area (Å²) in [5.41, 5.74) is 2.08. The summed E-state index contributed by atoms with van der Waals surface area (Å²) < 4.78 is 38.8. The lowest BCUT2D eigenvalue weighted by molar-refractivity contribution is 0.417. The van der Waals surface area contributed by atoms with Gasteiger partial charge in [0.15, 0.2) is 17.2 Å². The molecule has 11 heteroatoms. The molecule has 1 fully saturated rings. The minimum atomic E-state index is -3.96. The summed E-state index contributed by atoms with van der Waals surface area (Å²) in [6, 6.07) is 11.4. The Morgan fingerprint density at radius 3 is 2.77 bits per heavy atom. The molecule has 0 amide bonds. The SMILES string of the molecule is COc1cc2c(NS(=O)(=O)c3ccccc3Cl)noc2cc1Nc1cc(C2CC2)[nH]n1. The third-order valence-electron chi connectivity index (χ3n) is 5.03. The Kier molecular flexibility index (Phi) is 4.75. The van der Waals surface area contributed by atoms with Gasteiger partial charge in [0.25, 0.3) is 10.0 Å². The summed E-state index contributed by atoms with van der Waals surface area (Å²) in [7, 11) is -2.44. The number of sulfonamides is 1. The van der Waals surface area contributed by atoms with Crippen molar-refractivity contribution in [3.8, 4) is 5.75 Å². The number of aromatic amines is 1. The zero-order valence-electron chi connectivity index (χ0n) is 16.3. The number of rotatable bonds is 7. The van der Waals surface area contributed by atoms with Crippen molar-refractivity contribution in [1.29, 1.82) is 0 Å². The van der Waals surface area contributed by atoms with E-state index in [0.717, 1.165) is 5.69 Å². The molecule has 3 N–H and O–H groups in total. The number of hydrogen-bond donors (Lipinski definition) is 3. The van der Waals surface area contributed by atoms with Gasteiger partial charge in [0.1, 0.15) is 10.6 Å².